The van der Waals surface area contributed by atoms with Crippen molar-refractivity contribution in [1.29, 1.82) is 0 Å². The first-order chi connectivity index (χ1) is 5.95. The second-order valence-electron chi connectivity index (χ2n) is 2.32. The highest BCUT2D eigenvalue weighted by atomic mass is 127. The van der Waals surface area contributed by atoms with Crippen LogP contribution >= 0.6 is 22.6 Å². The van der Waals surface area contributed by atoms with E-state index in [1.54, 1.807) is 0 Å². The number of pyridine rings is 1. The van der Waals surface area contributed by atoms with E-state index in [-0.39, 0.29) is 5.56 Å². The number of hydrogen-bond acceptors (Lipinski definition) is 2. The van der Waals surface area contributed by atoms with Crippen LogP contribution in [0.3, 0.4) is 0 Å². The molecule has 1 aromatic heterocycles. The average Bonchev–Trinajstić information content (AvgIpc) is 2.01. The molecule has 0 radical (unpaired) electrons. The minimum Gasteiger partial charge on any atom is -0.392 e. The number of aliphatic hydroxyl groups is 1. The van der Waals surface area contributed by atoms with Gasteiger partial charge in [-0.15, -0.1) is 0 Å². The average molecular weight is 303 g/mol. The van der Waals surface area contributed by atoms with Gasteiger partial charge in [-0.1, -0.05) is 0 Å². The molecule has 0 saturated carbocycles. The van der Waals surface area contributed by atoms with E-state index in [0.29, 0.717) is 3.57 Å². The topological polar surface area (TPSA) is 33.1 Å². The highest BCUT2D eigenvalue weighted by Gasteiger charge is 2.34. The van der Waals surface area contributed by atoms with E-state index < -0.39 is 18.5 Å². The fourth-order valence-electron chi connectivity index (χ4n) is 0.857. The van der Waals surface area contributed by atoms with Crippen LogP contribution in [0, 0.1) is 3.57 Å². The molecule has 0 unspecified atom stereocenters. The van der Waals surface area contributed by atoms with Gasteiger partial charge >= 0.3 is 6.18 Å². The van der Waals surface area contributed by atoms with Crippen LogP contribution < -0.4 is 0 Å². The standard InChI is InChI=1S/C7H5F3INO/c8-7(9,10)6-4(3-13)1-5(11)2-12-6/h1-2,13H,3H2. The van der Waals surface area contributed by atoms with E-state index in [0.717, 1.165) is 6.20 Å². The zero-order valence-electron chi connectivity index (χ0n) is 6.27. The number of aliphatic hydroxyl groups excluding tert-OH is 1. The molecule has 0 aliphatic rings. The lowest BCUT2D eigenvalue weighted by atomic mass is 10.2. The summed E-state index contributed by atoms with van der Waals surface area (Å²) in [5, 5.41) is 8.66. The molecule has 6 heteroatoms. The Hall–Kier alpha value is -0.370. The summed E-state index contributed by atoms with van der Waals surface area (Å²) >= 11 is 1.83. The summed E-state index contributed by atoms with van der Waals surface area (Å²) in [6.07, 6.45) is -3.38. The molecule has 72 valence electrons. The Balaban J connectivity index is 3.22. The number of aromatic nitrogens is 1. The summed E-state index contributed by atoms with van der Waals surface area (Å²) in [5.74, 6) is 0. The van der Waals surface area contributed by atoms with Crippen molar-refractivity contribution in [2.45, 2.75) is 12.8 Å². The van der Waals surface area contributed by atoms with Gasteiger partial charge in [-0.05, 0) is 28.7 Å². The van der Waals surface area contributed by atoms with Gasteiger partial charge in [-0.3, -0.25) is 4.98 Å². The molecule has 0 aliphatic carbocycles. The van der Waals surface area contributed by atoms with Gasteiger partial charge in [-0.25, -0.2) is 0 Å². The smallest absolute Gasteiger partial charge is 0.392 e. The Labute approximate surface area is 85.9 Å². The highest BCUT2D eigenvalue weighted by molar-refractivity contribution is 14.1. The number of halogens is 4. The minimum atomic E-state index is -4.50. The zero-order chi connectivity index (χ0) is 10.1. The van der Waals surface area contributed by atoms with Gasteiger partial charge in [0.1, 0.15) is 5.69 Å². The lowest BCUT2D eigenvalue weighted by Gasteiger charge is -2.09. The van der Waals surface area contributed by atoms with E-state index in [1.165, 1.54) is 6.07 Å². The van der Waals surface area contributed by atoms with Gasteiger partial charge in [0.2, 0.25) is 0 Å². The summed E-state index contributed by atoms with van der Waals surface area (Å²) in [4.78, 5) is 3.23. The van der Waals surface area contributed by atoms with Crippen molar-refractivity contribution in [2.75, 3.05) is 0 Å². The molecule has 0 aromatic carbocycles. The van der Waals surface area contributed by atoms with Gasteiger partial charge in [0.25, 0.3) is 0 Å². The molecule has 0 atom stereocenters. The molecule has 0 saturated heterocycles. The summed E-state index contributed by atoms with van der Waals surface area (Å²) in [7, 11) is 0. The number of nitrogens with zero attached hydrogens (tertiary/aromatic N) is 1. The second-order valence-corrected chi connectivity index (χ2v) is 3.56. The van der Waals surface area contributed by atoms with Crippen LogP contribution in [0.5, 0.6) is 0 Å². The molecular weight excluding hydrogens is 298 g/mol. The van der Waals surface area contributed by atoms with Crippen molar-refractivity contribution in [3.8, 4) is 0 Å². The Kier molecular flexibility index (Phi) is 3.12. The largest absolute Gasteiger partial charge is 0.433 e. The van der Waals surface area contributed by atoms with Crippen molar-refractivity contribution in [3.05, 3.63) is 27.1 Å². The molecule has 0 spiro atoms. The Bertz CT molecular complexity index is 313. The second kappa shape index (κ2) is 3.79. The van der Waals surface area contributed by atoms with Crippen molar-refractivity contribution < 1.29 is 18.3 Å². The van der Waals surface area contributed by atoms with Gasteiger partial charge in [0.15, 0.2) is 0 Å². The summed E-state index contributed by atoms with van der Waals surface area (Å²) in [6.45, 7) is -0.654. The maximum atomic E-state index is 12.2. The predicted molar refractivity (Wildman–Crippen MR) is 47.9 cm³/mol. The lowest BCUT2D eigenvalue weighted by Crippen LogP contribution is -2.12. The van der Waals surface area contributed by atoms with Crippen LogP contribution in [0.2, 0.25) is 0 Å². The van der Waals surface area contributed by atoms with E-state index in [2.05, 4.69) is 4.98 Å². The maximum Gasteiger partial charge on any atom is 0.433 e. The fraction of sp³-hybridized carbons (Fsp3) is 0.286. The zero-order valence-corrected chi connectivity index (χ0v) is 8.43. The Morgan fingerprint density at radius 3 is 2.54 bits per heavy atom. The van der Waals surface area contributed by atoms with Crippen molar-refractivity contribution in [3.63, 3.8) is 0 Å². The van der Waals surface area contributed by atoms with Crippen molar-refractivity contribution in [2.24, 2.45) is 0 Å². The molecule has 1 rings (SSSR count). The molecule has 0 bridgehead atoms. The molecule has 1 heterocycles. The predicted octanol–water partition coefficient (Wildman–Crippen LogP) is 2.20. The summed E-state index contributed by atoms with van der Waals surface area (Å²) in [6, 6.07) is 1.26. The highest BCUT2D eigenvalue weighted by Crippen LogP contribution is 2.30. The third-order valence-corrected chi connectivity index (χ3v) is 1.96. The van der Waals surface area contributed by atoms with Crippen LogP contribution in [0.1, 0.15) is 11.3 Å². The summed E-state index contributed by atoms with van der Waals surface area (Å²) < 4.78 is 37.1. The van der Waals surface area contributed by atoms with E-state index >= 15 is 0 Å². The first kappa shape index (κ1) is 10.7. The fourth-order valence-corrected chi connectivity index (χ4v) is 1.37. The number of hydrogen-bond donors (Lipinski definition) is 1. The van der Waals surface area contributed by atoms with Crippen LogP contribution in [0.25, 0.3) is 0 Å². The molecule has 0 fully saturated rings. The van der Waals surface area contributed by atoms with Crippen LogP contribution in [-0.2, 0) is 12.8 Å². The third-order valence-electron chi connectivity index (χ3n) is 1.37. The molecule has 13 heavy (non-hydrogen) atoms. The van der Waals surface area contributed by atoms with E-state index in [4.69, 9.17) is 5.11 Å². The van der Waals surface area contributed by atoms with Gasteiger partial charge in [0.05, 0.1) is 6.61 Å². The van der Waals surface area contributed by atoms with Crippen LogP contribution in [0.4, 0.5) is 13.2 Å². The van der Waals surface area contributed by atoms with Crippen LogP contribution in [0.15, 0.2) is 12.3 Å². The van der Waals surface area contributed by atoms with Gasteiger partial charge in [0, 0.05) is 15.3 Å². The maximum absolute atomic E-state index is 12.2. The molecule has 0 amide bonds. The quantitative estimate of drug-likeness (QED) is 0.807. The summed E-state index contributed by atoms with van der Waals surface area (Å²) in [5.41, 5.74) is -1.21. The Morgan fingerprint density at radius 2 is 2.08 bits per heavy atom. The lowest BCUT2D eigenvalue weighted by molar-refractivity contribution is -0.142. The molecule has 0 aliphatic heterocycles. The number of rotatable bonds is 1. The van der Waals surface area contributed by atoms with Crippen molar-refractivity contribution >= 4 is 22.6 Å². The molecular formula is C7H5F3INO. The number of alkyl halides is 3. The molecule has 2 nitrogen and oxygen atoms in total. The first-order valence-corrected chi connectivity index (χ1v) is 4.35. The van der Waals surface area contributed by atoms with Crippen molar-refractivity contribution in [1.82, 2.24) is 4.98 Å². The minimum absolute atomic E-state index is 0.195. The normalized spacial score (nSPS) is 11.8. The van der Waals surface area contributed by atoms with Gasteiger partial charge in [-0.2, -0.15) is 13.2 Å². The third kappa shape index (κ3) is 2.53. The van der Waals surface area contributed by atoms with E-state index in [1.807, 2.05) is 22.6 Å². The SMILES string of the molecule is OCc1cc(I)cnc1C(F)(F)F. The monoisotopic (exact) mass is 303 g/mol. The molecule has 1 aromatic rings. The Morgan fingerprint density at radius 1 is 1.46 bits per heavy atom. The van der Waals surface area contributed by atoms with Gasteiger partial charge < -0.3 is 5.11 Å². The first-order valence-electron chi connectivity index (χ1n) is 3.27. The van der Waals surface area contributed by atoms with E-state index in [9.17, 15) is 13.2 Å². The molecule has 1 N–H and O–H groups in total. The van der Waals surface area contributed by atoms with Crippen LogP contribution in [-0.4, -0.2) is 10.1 Å².